The van der Waals surface area contributed by atoms with Gasteiger partial charge in [0.25, 0.3) is 0 Å². The van der Waals surface area contributed by atoms with Gasteiger partial charge < -0.3 is 10.0 Å². The molecule has 0 saturated carbocycles. The summed E-state index contributed by atoms with van der Waals surface area (Å²) in [6.45, 7) is 2.99. The number of unbranched alkanes of at least 4 members (excludes halogenated alkanes) is 5. The van der Waals surface area contributed by atoms with E-state index in [0.717, 1.165) is 25.1 Å². The summed E-state index contributed by atoms with van der Waals surface area (Å²) in [5.41, 5.74) is 0.883. The molecule has 0 spiro atoms. The molecule has 1 aromatic carbocycles. The summed E-state index contributed by atoms with van der Waals surface area (Å²) in [5.74, 6) is -0.809. The monoisotopic (exact) mass is 297 g/mol. The van der Waals surface area contributed by atoms with E-state index in [1.54, 1.807) is 6.07 Å². The van der Waals surface area contributed by atoms with Crippen molar-refractivity contribution >= 4 is 23.3 Å². The average molecular weight is 298 g/mol. The van der Waals surface area contributed by atoms with Gasteiger partial charge >= 0.3 is 5.97 Å². The van der Waals surface area contributed by atoms with E-state index in [4.69, 9.17) is 16.7 Å². The van der Waals surface area contributed by atoms with Crippen molar-refractivity contribution in [3.63, 3.8) is 0 Å². The summed E-state index contributed by atoms with van der Waals surface area (Å²) in [5, 5.41) is 9.65. The van der Waals surface area contributed by atoms with Crippen molar-refractivity contribution in [2.45, 2.75) is 45.4 Å². The first-order valence-corrected chi connectivity index (χ1v) is 7.73. The lowest BCUT2D eigenvalue weighted by Gasteiger charge is -2.23. The Morgan fingerprint density at radius 3 is 2.55 bits per heavy atom. The fourth-order valence-corrected chi connectivity index (χ4v) is 2.40. The molecule has 0 aromatic heterocycles. The van der Waals surface area contributed by atoms with E-state index in [9.17, 15) is 4.79 Å². The van der Waals surface area contributed by atoms with E-state index >= 15 is 0 Å². The highest BCUT2D eigenvalue weighted by molar-refractivity contribution is 6.30. The molecular formula is C16H24ClNO2. The average Bonchev–Trinajstić information content (AvgIpc) is 2.41. The zero-order valence-corrected chi connectivity index (χ0v) is 12.9. The van der Waals surface area contributed by atoms with Crippen LogP contribution in [-0.4, -0.2) is 24.2 Å². The van der Waals surface area contributed by atoms with E-state index in [2.05, 4.69) is 6.92 Å². The number of carboxylic acids is 1. The third-order valence-electron chi connectivity index (χ3n) is 3.28. The molecule has 1 rings (SSSR count). The topological polar surface area (TPSA) is 40.5 Å². The summed E-state index contributed by atoms with van der Waals surface area (Å²) < 4.78 is 0. The highest BCUT2D eigenvalue weighted by atomic mass is 35.5. The zero-order chi connectivity index (χ0) is 14.8. The molecule has 1 N–H and O–H groups in total. The lowest BCUT2D eigenvalue weighted by Crippen LogP contribution is -2.30. The van der Waals surface area contributed by atoms with E-state index in [-0.39, 0.29) is 6.54 Å². The van der Waals surface area contributed by atoms with Gasteiger partial charge in [0.2, 0.25) is 0 Å². The molecule has 0 amide bonds. The van der Waals surface area contributed by atoms with Crippen molar-refractivity contribution in [1.82, 2.24) is 0 Å². The van der Waals surface area contributed by atoms with E-state index < -0.39 is 5.97 Å². The Morgan fingerprint density at radius 1 is 1.20 bits per heavy atom. The van der Waals surface area contributed by atoms with Crippen LogP contribution in [0, 0.1) is 0 Å². The molecule has 0 radical (unpaired) electrons. The number of carbonyl (C=O) groups is 1. The number of nitrogens with zero attached hydrogens (tertiary/aromatic N) is 1. The number of halogens is 1. The lowest BCUT2D eigenvalue weighted by molar-refractivity contribution is -0.135. The van der Waals surface area contributed by atoms with Gasteiger partial charge in [0.1, 0.15) is 6.54 Å². The number of hydrogen-bond acceptors (Lipinski definition) is 2. The van der Waals surface area contributed by atoms with Crippen molar-refractivity contribution in [3.8, 4) is 0 Å². The number of rotatable bonds is 10. The second-order valence-corrected chi connectivity index (χ2v) is 5.50. The van der Waals surface area contributed by atoms with Gasteiger partial charge in [-0.2, -0.15) is 0 Å². The van der Waals surface area contributed by atoms with Crippen molar-refractivity contribution in [3.05, 3.63) is 29.3 Å². The molecule has 4 heteroatoms. The Balaban J connectivity index is 2.46. The number of anilines is 1. The van der Waals surface area contributed by atoms with Gasteiger partial charge in [-0.25, -0.2) is 0 Å². The maximum absolute atomic E-state index is 11.0. The van der Waals surface area contributed by atoms with Gasteiger partial charge in [0.15, 0.2) is 0 Å². The van der Waals surface area contributed by atoms with Crippen LogP contribution in [0.25, 0.3) is 0 Å². The fourth-order valence-electron chi connectivity index (χ4n) is 2.22. The summed E-state index contributed by atoms with van der Waals surface area (Å²) >= 11 is 5.97. The Kier molecular flexibility index (Phi) is 8.12. The molecule has 0 aliphatic heterocycles. The van der Waals surface area contributed by atoms with Crippen LogP contribution < -0.4 is 4.90 Å². The normalized spacial score (nSPS) is 10.5. The summed E-state index contributed by atoms with van der Waals surface area (Å²) in [6.07, 6.45) is 7.19. The first-order valence-electron chi connectivity index (χ1n) is 7.35. The molecule has 0 aliphatic carbocycles. The van der Waals surface area contributed by atoms with Crippen molar-refractivity contribution in [1.29, 1.82) is 0 Å². The minimum atomic E-state index is -0.809. The Labute approximate surface area is 126 Å². The minimum absolute atomic E-state index is 0.0231. The van der Waals surface area contributed by atoms with Crippen LogP contribution in [-0.2, 0) is 4.79 Å². The summed E-state index contributed by atoms with van der Waals surface area (Å²) in [4.78, 5) is 12.9. The number of carboxylic acid groups (broad SMARTS) is 1. The van der Waals surface area contributed by atoms with Crippen molar-refractivity contribution < 1.29 is 9.90 Å². The maximum atomic E-state index is 11.0. The molecule has 0 fully saturated rings. The molecule has 0 heterocycles. The largest absolute Gasteiger partial charge is 0.480 e. The van der Waals surface area contributed by atoms with Crippen LogP contribution in [0.15, 0.2) is 24.3 Å². The lowest BCUT2D eigenvalue weighted by atomic mass is 10.1. The van der Waals surface area contributed by atoms with Crippen LogP contribution in [0.2, 0.25) is 5.02 Å². The van der Waals surface area contributed by atoms with E-state index in [1.165, 1.54) is 25.7 Å². The highest BCUT2D eigenvalue weighted by Gasteiger charge is 2.10. The van der Waals surface area contributed by atoms with Gasteiger partial charge in [-0.15, -0.1) is 0 Å². The van der Waals surface area contributed by atoms with Crippen LogP contribution >= 0.6 is 11.6 Å². The first-order chi connectivity index (χ1) is 9.63. The van der Waals surface area contributed by atoms with Crippen molar-refractivity contribution in [2.24, 2.45) is 0 Å². The molecule has 0 unspecified atom stereocenters. The van der Waals surface area contributed by atoms with Gasteiger partial charge in [-0.3, -0.25) is 4.79 Å². The van der Waals surface area contributed by atoms with Crippen LogP contribution in [0.4, 0.5) is 5.69 Å². The van der Waals surface area contributed by atoms with Crippen LogP contribution in [0.1, 0.15) is 45.4 Å². The van der Waals surface area contributed by atoms with Crippen molar-refractivity contribution in [2.75, 3.05) is 18.0 Å². The van der Waals surface area contributed by atoms with Gasteiger partial charge in [0, 0.05) is 17.3 Å². The molecule has 20 heavy (non-hydrogen) atoms. The predicted molar refractivity (Wildman–Crippen MR) is 84.7 cm³/mol. The molecule has 1 aromatic rings. The SMILES string of the molecule is CCCCCCCCN(CC(=O)O)c1cccc(Cl)c1. The summed E-state index contributed by atoms with van der Waals surface area (Å²) in [6, 6.07) is 7.38. The molecule has 0 saturated heterocycles. The van der Waals surface area contributed by atoms with Crippen LogP contribution in [0.3, 0.4) is 0 Å². The molecule has 3 nitrogen and oxygen atoms in total. The quantitative estimate of drug-likeness (QED) is 0.642. The Morgan fingerprint density at radius 2 is 1.90 bits per heavy atom. The Hall–Kier alpha value is -1.22. The second kappa shape index (κ2) is 9.65. The fraction of sp³-hybridized carbons (Fsp3) is 0.562. The molecule has 112 valence electrons. The summed E-state index contributed by atoms with van der Waals surface area (Å²) in [7, 11) is 0. The number of hydrogen-bond donors (Lipinski definition) is 1. The minimum Gasteiger partial charge on any atom is -0.480 e. The second-order valence-electron chi connectivity index (χ2n) is 5.06. The molecule has 0 aliphatic rings. The molecular weight excluding hydrogens is 274 g/mol. The number of aliphatic carboxylic acids is 1. The maximum Gasteiger partial charge on any atom is 0.323 e. The Bertz CT molecular complexity index is 409. The third kappa shape index (κ3) is 6.80. The van der Waals surface area contributed by atoms with Gasteiger partial charge in [-0.05, 0) is 24.6 Å². The molecule has 0 bridgehead atoms. The number of benzene rings is 1. The smallest absolute Gasteiger partial charge is 0.323 e. The highest BCUT2D eigenvalue weighted by Crippen LogP contribution is 2.20. The molecule has 0 atom stereocenters. The van der Waals surface area contributed by atoms with Gasteiger partial charge in [0.05, 0.1) is 0 Å². The van der Waals surface area contributed by atoms with Gasteiger partial charge in [-0.1, -0.05) is 56.7 Å². The van der Waals surface area contributed by atoms with Crippen LogP contribution in [0.5, 0.6) is 0 Å². The first kappa shape index (κ1) is 16.8. The zero-order valence-electron chi connectivity index (χ0n) is 12.1. The predicted octanol–water partition coefficient (Wildman–Crippen LogP) is 4.59. The van der Waals surface area contributed by atoms with E-state index in [1.807, 2.05) is 23.1 Å². The third-order valence-corrected chi connectivity index (χ3v) is 3.52. The standard InChI is InChI=1S/C16H24ClNO2/c1-2-3-4-5-6-7-11-18(13-16(19)20)15-10-8-9-14(17)12-15/h8-10,12H,2-7,11,13H2,1H3,(H,19,20). The van der Waals surface area contributed by atoms with E-state index in [0.29, 0.717) is 5.02 Å².